The molecule has 12 unspecified atom stereocenters. The first-order valence-electron chi connectivity index (χ1n) is 18.7. The molecule has 5 saturated heterocycles. The van der Waals surface area contributed by atoms with E-state index in [0.29, 0.717) is 52.2 Å². The molecule has 5 aliphatic heterocycles. The van der Waals surface area contributed by atoms with Crippen LogP contribution in [0.5, 0.6) is 0 Å². The summed E-state index contributed by atoms with van der Waals surface area (Å²) in [5, 5.41) is 24.9. The van der Waals surface area contributed by atoms with Gasteiger partial charge in [-0.1, -0.05) is 6.92 Å². The quantitative estimate of drug-likeness (QED) is 0.130. The molecule has 1 aliphatic carbocycles. The van der Waals surface area contributed by atoms with Gasteiger partial charge in [0.1, 0.15) is 16.8 Å². The fraction of sp³-hybridized carbons (Fsp3) is 0.906. The van der Waals surface area contributed by atoms with Crippen molar-refractivity contribution in [2.75, 3.05) is 59.5 Å². The lowest BCUT2D eigenvalue weighted by Crippen LogP contribution is -2.80. The number of hydrogen-bond donors (Lipinski definition) is 7. The summed E-state index contributed by atoms with van der Waals surface area (Å²) in [6.07, 6.45) is -5.78. The Kier molecular flexibility index (Phi) is 12.7. The van der Waals surface area contributed by atoms with Gasteiger partial charge in [0.15, 0.2) is 15.6 Å². The van der Waals surface area contributed by atoms with Crippen LogP contribution in [0, 0.1) is 5.92 Å². The van der Waals surface area contributed by atoms with Gasteiger partial charge in [0.25, 0.3) is 0 Å². The van der Waals surface area contributed by atoms with Crippen LogP contribution < -0.4 is 32.0 Å². The Hall–Kier alpha value is -1.72. The topological polar surface area (TPSA) is 191 Å². The molecule has 5 heterocycles. The van der Waals surface area contributed by atoms with Crippen LogP contribution in [-0.4, -0.2) is 181 Å². The third-order valence-electron chi connectivity index (χ3n) is 12.0. The number of carbonyl (C=O) groups excluding carboxylic acids is 3. The third kappa shape index (κ3) is 8.52. The molecule has 1 saturated carbocycles. The van der Waals surface area contributed by atoms with Gasteiger partial charge in [-0.15, -0.1) is 11.6 Å². The molecule has 0 aromatic rings. The minimum atomic E-state index is -4.37. The largest absolute Gasteiger partial charge is 0.391 e. The number of piperidine rings is 1. The SMILES string of the molecule is CCC1C(N2CCN(C(=O)C3NCNC(C)C3O)CC2)C(=O)C2NCC(S(=O)(=O)C3CCN(C)N3)NC2N1CC(=O)NC1CCC(C(F)(F)F)CC1Cl. The lowest BCUT2D eigenvalue weighted by molar-refractivity contribution is -0.182. The second-order valence-electron chi connectivity index (χ2n) is 15.3. The highest BCUT2D eigenvalue weighted by Crippen LogP contribution is 2.39. The zero-order valence-corrected chi connectivity index (χ0v) is 31.9. The Balaban J connectivity index is 1.20. The van der Waals surface area contributed by atoms with Crippen LogP contribution in [0.2, 0.25) is 0 Å². The summed E-state index contributed by atoms with van der Waals surface area (Å²) in [6, 6.07) is -3.84. The Bertz CT molecular complexity index is 1460. The maximum Gasteiger partial charge on any atom is 0.391 e. The van der Waals surface area contributed by atoms with E-state index < -0.39 is 86.4 Å². The van der Waals surface area contributed by atoms with Crippen LogP contribution in [0.25, 0.3) is 0 Å². The molecule has 53 heavy (non-hydrogen) atoms. The summed E-state index contributed by atoms with van der Waals surface area (Å²) >= 11 is 6.39. The number of halogens is 4. The van der Waals surface area contributed by atoms with Crippen LogP contribution in [0.1, 0.15) is 46.0 Å². The van der Waals surface area contributed by atoms with Crippen molar-refractivity contribution in [2.45, 2.75) is 117 Å². The number of piperazine rings is 2. The first-order valence-corrected chi connectivity index (χ1v) is 20.7. The van der Waals surface area contributed by atoms with Crippen LogP contribution in [0.4, 0.5) is 13.2 Å². The molecule has 21 heteroatoms. The molecular weight excluding hydrogens is 745 g/mol. The van der Waals surface area contributed by atoms with Gasteiger partial charge in [-0.2, -0.15) is 13.2 Å². The highest BCUT2D eigenvalue weighted by atomic mass is 35.5. The molecule has 7 N–H and O–H groups in total. The van der Waals surface area contributed by atoms with E-state index in [9.17, 15) is 41.1 Å². The molecule has 6 rings (SSSR count). The maximum absolute atomic E-state index is 14.4. The Morgan fingerprint density at radius 3 is 2.38 bits per heavy atom. The lowest BCUT2D eigenvalue weighted by Gasteiger charge is -2.55. The number of aliphatic hydroxyl groups excluding tert-OH is 1. The van der Waals surface area contributed by atoms with Gasteiger partial charge < -0.3 is 20.6 Å². The summed E-state index contributed by atoms with van der Waals surface area (Å²) < 4.78 is 67.8. The number of amides is 2. The second-order valence-corrected chi connectivity index (χ2v) is 18.2. The number of nitrogens with one attached hydrogen (secondary N) is 6. The maximum atomic E-state index is 14.4. The van der Waals surface area contributed by atoms with E-state index in [1.807, 2.05) is 23.6 Å². The Labute approximate surface area is 313 Å². The van der Waals surface area contributed by atoms with Gasteiger partial charge in [0.05, 0.1) is 42.2 Å². The smallest absolute Gasteiger partial charge is 0.389 e. The average molecular weight is 799 g/mol. The van der Waals surface area contributed by atoms with Gasteiger partial charge in [-0.25, -0.2) is 18.9 Å². The predicted molar refractivity (Wildman–Crippen MR) is 189 cm³/mol. The molecule has 16 nitrogen and oxygen atoms in total. The predicted octanol–water partition coefficient (Wildman–Crippen LogP) is -2.32. The number of sulfone groups is 1. The van der Waals surface area contributed by atoms with Crippen molar-refractivity contribution in [3.05, 3.63) is 0 Å². The number of aliphatic hydroxyl groups is 1. The summed E-state index contributed by atoms with van der Waals surface area (Å²) in [5.41, 5.74) is 2.98. The number of rotatable bonds is 8. The first kappa shape index (κ1) is 40.9. The van der Waals surface area contributed by atoms with Crippen molar-refractivity contribution in [1.29, 1.82) is 0 Å². The third-order valence-corrected chi connectivity index (χ3v) is 14.7. The number of fused-ring (bicyclic) bond motifs is 1. The minimum Gasteiger partial charge on any atom is -0.389 e. The summed E-state index contributed by atoms with van der Waals surface area (Å²) in [7, 11) is -2.04. The number of ketones is 1. The molecule has 0 radical (unpaired) electrons. The van der Waals surface area contributed by atoms with Gasteiger partial charge in [0, 0.05) is 71.1 Å². The molecule has 6 fully saturated rings. The number of Topliss-reactive ketones (excluding diaryl/α,β-unsaturated/α-hetero) is 1. The number of hydrogen-bond acceptors (Lipinski definition) is 14. The number of hydrazine groups is 1. The molecule has 302 valence electrons. The number of alkyl halides is 4. The van der Waals surface area contributed by atoms with Crippen molar-refractivity contribution in [2.24, 2.45) is 5.92 Å². The molecule has 0 spiro atoms. The summed E-state index contributed by atoms with van der Waals surface area (Å²) in [4.78, 5) is 47.1. The molecule has 0 aromatic heterocycles. The normalized spacial score (nSPS) is 39.8. The van der Waals surface area contributed by atoms with E-state index in [0.717, 1.165) is 0 Å². The molecule has 0 aromatic carbocycles. The van der Waals surface area contributed by atoms with Crippen molar-refractivity contribution in [3.8, 4) is 0 Å². The van der Waals surface area contributed by atoms with Crippen LogP contribution in [0.3, 0.4) is 0 Å². The van der Waals surface area contributed by atoms with Crippen LogP contribution in [0.15, 0.2) is 0 Å². The first-order chi connectivity index (χ1) is 25.0. The van der Waals surface area contributed by atoms with E-state index in [1.54, 1.807) is 17.0 Å². The fourth-order valence-corrected chi connectivity index (χ4v) is 11.1. The van der Waals surface area contributed by atoms with Gasteiger partial charge in [-0.3, -0.25) is 40.1 Å². The van der Waals surface area contributed by atoms with Crippen molar-refractivity contribution in [3.63, 3.8) is 0 Å². The number of nitrogens with zero attached hydrogens (tertiary/aromatic N) is 4. The zero-order valence-electron chi connectivity index (χ0n) is 30.3. The highest BCUT2D eigenvalue weighted by molar-refractivity contribution is 7.92. The van der Waals surface area contributed by atoms with E-state index >= 15 is 0 Å². The van der Waals surface area contributed by atoms with Crippen LogP contribution in [-0.2, 0) is 24.2 Å². The summed E-state index contributed by atoms with van der Waals surface area (Å²) in [5.74, 6) is -2.40. The summed E-state index contributed by atoms with van der Waals surface area (Å²) in [6.45, 7) is 5.66. The Morgan fingerprint density at radius 2 is 1.75 bits per heavy atom. The number of carbonyl (C=O) groups is 3. The second kappa shape index (κ2) is 16.4. The van der Waals surface area contributed by atoms with E-state index in [1.165, 1.54) is 0 Å². The molecule has 6 aliphatic rings. The van der Waals surface area contributed by atoms with E-state index in [-0.39, 0.29) is 50.1 Å². The standard InChI is InChI=1S/C32H54ClF3N10O6S/c1-4-21-27(44-9-11-45(12-10-44)31(50)26-28(48)17(2)38-16-39-26)29(49)25-30(41-24(14-37-25)53(51,52)23-7-8-43(3)42-23)46(21)15-22(47)40-20-6-5-18(13-19(20)33)32(34,35)36/h17-21,23-28,30,37-39,41-42,48H,4-16H2,1-3H3,(H,40,47). The van der Waals surface area contributed by atoms with E-state index in [4.69, 9.17) is 11.6 Å². The van der Waals surface area contributed by atoms with Crippen molar-refractivity contribution < 1.29 is 41.1 Å². The molecule has 12 atom stereocenters. The Morgan fingerprint density at radius 1 is 1.04 bits per heavy atom. The molecule has 2 amide bonds. The molecule has 0 bridgehead atoms. The van der Waals surface area contributed by atoms with Crippen molar-refractivity contribution >= 4 is 39.0 Å². The minimum absolute atomic E-state index is 0.0384. The van der Waals surface area contributed by atoms with Crippen molar-refractivity contribution in [1.82, 2.24) is 51.7 Å². The lowest BCUT2D eigenvalue weighted by atomic mass is 9.84. The fourth-order valence-electron chi connectivity index (χ4n) is 8.93. The zero-order chi connectivity index (χ0) is 38.4. The van der Waals surface area contributed by atoms with Gasteiger partial charge in [-0.05, 0) is 39.0 Å². The van der Waals surface area contributed by atoms with Gasteiger partial charge in [0.2, 0.25) is 11.8 Å². The van der Waals surface area contributed by atoms with E-state index in [2.05, 4.69) is 32.0 Å². The van der Waals surface area contributed by atoms with Crippen LogP contribution >= 0.6 is 11.6 Å². The average Bonchev–Trinajstić information content (AvgIpc) is 3.57. The highest BCUT2D eigenvalue weighted by Gasteiger charge is 2.55. The van der Waals surface area contributed by atoms with Gasteiger partial charge >= 0.3 is 6.18 Å². The number of likely N-dealkylation sites (tertiary alicyclic amines) is 1. The monoisotopic (exact) mass is 798 g/mol. The molecular formula is C32H54ClF3N10O6S.